The van der Waals surface area contributed by atoms with Crippen LogP contribution in [0.25, 0.3) is 0 Å². The van der Waals surface area contributed by atoms with E-state index in [4.69, 9.17) is 0 Å². The Kier molecular flexibility index (Phi) is 5.53. The molecule has 0 aromatic heterocycles. The predicted molar refractivity (Wildman–Crippen MR) is 47.3 cm³/mol. The molecule has 0 saturated carbocycles. The van der Waals surface area contributed by atoms with Gasteiger partial charge in [0.1, 0.15) is 0 Å². The fourth-order valence-corrected chi connectivity index (χ4v) is 1.02. The van der Waals surface area contributed by atoms with Crippen LogP contribution in [0, 0.1) is 0 Å². The summed E-state index contributed by atoms with van der Waals surface area (Å²) in [5.41, 5.74) is 0. The van der Waals surface area contributed by atoms with Crippen LogP contribution < -0.4 is 5.32 Å². The van der Waals surface area contributed by atoms with Crippen LogP contribution in [0.3, 0.4) is 0 Å². The first kappa shape index (κ1) is 10.2. The maximum Gasteiger partial charge on any atom is 0.217 e. The van der Waals surface area contributed by atoms with Crippen molar-refractivity contribution in [2.45, 2.75) is 39.7 Å². The minimum atomic E-state index is 0.0431. The summed E-state index contributed by atoms with van der Waals surface area (Å²) in [6.07, 6.45) is 6.10. The van der Waals surface area contributed by atoms with E-state index >= 15 is 0 Å². The quantitative estimate of drug-likeness (QED) is 0.617. The Labute approximate surface area is 68.7 Å². The van der Waals surface area contributed by atoms with Crippen LogP contribution >= 0.6 is 0 Å². The molecule has 0 aliphatic heterocycles. The number of hydrogen-bond acceptors (Lipinski definition) is 1. The Bertz CT molecular complexity index is 140. The first-order valence-corrected chi connectivity index (χ1v) is 4.10. The summed E-state index contributed by atoms with van der Waals surface area (Å²) in [4.78, 5) is 10.7. The van der Waals surface area contributed by atoms with Crippen molar-refractivity contribution in [1.82, 2.24) is 5.32 Å². The predicted octanol–water partition coefficient (Wildman–Crippen LogP) is 1.87. The van der Waals surface area contributed by atoms with Crippen LogP contribution in [-0.4, -0.2) is 11.9 Å². The molecule has 0 saturated heterocycles. The third-order valence-corrected chi connectivity index (χ3v) is 1.41. The molecule has 1 unspecified atom stereocenters. The van der Waals surface area contributed by atoms with Gasteiger partial charge in [0, 0.05) is 13.0 Å². The van der Waals surface area contributed by atoms with Gasteiger partial charge >= 0.3 is 0 Å². The van der Waals surface area contributed by atoms with E-state index in [0.29, 0.717) is 0 Å². The Balaban J connectivity index is 3.78. The smallest absolute Gasteiger partial charge is 0.217 e. The minimum absolute atomic E-state index is 0.0431. The molecule has 0 radical (unpaired) electrons. The number of allylic oxidation sites excluding steroid dienone is 1. The van der Waals surface area contributed by atoms with Crippen molar-refractivity contribution in [3.05, 3.63) is 12.2 Å². The third-order valence-electron chi connectivity index (χ3n) is 1.41. The molecular weight excluding hydrogens is 138 g/mol. The van der Waals surface area contributed by atoms with Crippen molar-refractivity contribution in [3.8, 4) is 0 Å². The first-order valence-electron chi connectivity index (χ1n) is 4.10. The van der Waals surface area contributed by atoms with Crippen LogP contribution in [0.15, 0.2) is 12.2 Å². The highest BCUT2D eigenvalue weighted by atomic mass is 16.1. The number of carbonyl (C=O) groups excluding carboxylic acids is 1. The second kappa shape index (κ2) is 5.96. The van der Waals surface area contributed by atoms with Gasteiger partial charge in [0.25, 0.3) is 0 Å². The molecule has 0 rings (SSSR count). The van der Waals surface area contributed by atoms with E-state index in [1.165, 1.54) is 0 Å². The lowest BCUT2D eigenvalue weighted by Crippen LogP contribution is -2.31. The van der Waals surface area contributed by atoms with Crippen molar-refractivity contribution in [2.24, 2.45) is 0 Å². The third kappa shape index (κ3) is 5.64. The molecule has 0 aliphatic carbocycles. The lowest BCUT2D eigenvalue weighted by Gasteiger charge is -2.11. The van der Waals surface area contributed by atoms with Crippen molar-refractivity contribution in [3.63, 3.8) is 0 Å². The highest BCUT2D eigenvalue weighted by molar-refractivity contribution is 5.73. The molecule has 11 heavy (non-hydrogen) atoms. The Hall–Kier alpha value is -0.790. The molecule has 0 spiro atoms. The average molecular weight is 155 g/mol. The van der Waals surface area contributed by atoms with Crippen molar-refractivity contribution in [2.75, 3.05) is 0 Å². The lowest BCUT2D eigenvalue weighted by atomic mass is 10.1. The molecule has 1 amide bonds. The highest BCUT2D eigenvalue weighted by Crippen LogP contribution is 1.97. The van der Waals surface area contributed by atoms with Gasteiger partial charge in [-0.05, 0) is 13.3 Å². The van der Waals surface area contributed by atoms with Gasteiger partial charge in [0.05, 0.1) is 0 Å². The van der Waals surface area contributed by atoms with Gasteiger partial charge in [-0.15, -0.1) is 0 Å². The topological polar surface area (TPSA) is 29.1 Å². The Morgan fingerprint density at radius 3 is 2.64 bits per heavy atom. The van der Waals surface area contributed by atoms with E-state index in [2.05, 4.69) is 12.2 Å². The van der Waals surface area contributed by atoms with Gasteiger partial charge in [-0.25, -0.2) is 0 Å². The summed E-state index contributed by atoms with van der Waals surface area (Å²) < 4.78 is 0. The summed E-state index contributed by atoms with van der Waals surface area (Å²) >= 11 is 0. The van der Waals surface area contributed by atoms with E-state index in [-0.39, 0.29) is 11.9 Å². The summed E-state index contributed by atoms with van der Waals surface area (Å²) in [7, 11) is 0. The zero-order chi connectivity index (χ0) is 8.69. The molecule has 1 atom stereocenters. The standard InChI is InChI=1S/C9H17NO/c1-4-6-9(7-5-2)10-8(3)11/h4,6,9H,5,7H2,1-3H3,(H,10,11)/b6-4-. The van der Waals surface area contributed by atoms with Crippen LogP contribution in [0.1, 0.15) is 33.6 Å². The molecule has 64 valence electrons. The minimum Gasteiger partial charge on any atom is -0.350 e. The summed E-state index contributed by atoms with van der Waals surface area (Å²) in [6.45, 7) is 5.62. The van der Waals surface area contributed by atoms with Gasteiger partial charge in [0.15, 0.2) is 0 Å². The highest BCUT2D eigenvalue weighted by Gasteiger charge is 2.02. The van der Waals surface area contributed by atoms with E-state index in [1.807, 2.05) is 19.1 Å². The molecule has 1 N–H and O–H groups in total. The summed E-state index contributed by atoms with van der Waals surface area (Å²) in [5, 5.41) is 2.86. The van der Waals surface area contributed by atoms with Gasteiger partial charge in [-0.2, -0.15) is 0 Å². The molecule has 2 nitrogen and oxygen atoms in total. The fraction of sp³-hybridized carbons (Fsp3) is 0.667. The molecule has 0 heterocycles. The van der Waals surface area contributed by atoms with Crippen molar-refractivity contribution in [1.29, 1.82) is 0 Å². The monoisotopic (exact) mass is 155 g/mol. The van der Waals surface area contributed by atoms with E-state index in [0.717, 1.165) is 12.8 Å². The maximum atomic E-state index is 10.7. The molecule has 0 aromatic carbocycles. The molecule has 0 aromatic rings. The molecular formula is C9H17NO. The lowest BCUT2D eigenvalue weighted by molar-refractivity contribution is -0.119. The normalized spacial score (nSPS) is 13.4. The second-order valence-electron chi connectivity index (χ2n) is 2.62. The number of amides is 1. The van der Waals surface area contributed by atoms with Gasteiger partial charge in [-0.1, -0.05) is 25.5 Å². The second-order valence-corrected chi connectivity index (χ2v) is 2.62. The van der Waals surface area contributed by atoms with Gasteiger partial charge in [0.2, 0.25) is 5.91 Å². The first-order chi connectivity index (χ1) is 5.20. The van der Waals surface area contributed by atoms with E-state index in [1.54, 1.807) is 6.92 Å². The zero-order valence-electron chi connectivity index (χ0n) is 7.55. The fourth-order valence-electron chi connectivity index (χ4n) is 1.02. The van der Waals surface area contributed by atoms with Gasteiger partial charge < -0.3 is 5.32 Å². The zero-order valence-corrected chi connectivity index (χ0v) is 7.55. The largest absolute Gasteiger partial charge is 0.350 e. The number of nitrogens with one attached hydrogen (secondary N) is 1. The molecule has 2 heteroatoms. The summed E-state index contributed by atoms with van der Waals surface area (Å²) in [6, 6.07) is 0.225. The van der Waals surface area contributed by atoms with Crippen LogP contribution in [-0.2, 0) is 4.79 Å². The van der Waals surface area contributed by atoms with Crippen LogP contribution in [0.2, 0.25) is 0 Å². The number of hydrogen-bond donors (Lipinski definition) is 1. The molecule has 0 bridgehead atoms. The number of rotatable bonds is 4. The van der Waals surface area contributed by atoms with Crippen molar-refractivity contribution < 1.29 is 4.79 Å². The maximum absolute atomic E-state index is 10.7. The molecule has 0 fully saturated rings. The summed E-state index contributed by atoms with van der Waals surface area (Å²) in [5.74, 6) is 0.0431. The van der Waals surface area contributed by atoms with E-state index in [9.17, 15) is 4.79 Å². The Morgan fingerprint density at radius 2 is 2.27 bits per heavy atom. The average Bonchev–Trinajstić information content (AvgIpc) is 1.87. The SMILES string of the molecule is C/C=C\C(CCC)NC(C)=O. The van der Waals surface area contributed by atoms with Crippen molar-refractivity contribution >= 4 is 5.91 Å². The van der Waals surface area contributed by atoms with E-state index < -0.39 is 0 Å². The van der Waals surface area contributed by atoms with Crippen LogP contribution in [0.4, 0.5) is 0 Å². The number of carbonyl (C=O) groups is 1. The van der Waals surface area contributed by atoms with Gasteiger partial charge in [-0.3, -0.25) is 4.79 Å². The molecule has 0 aliphatic rings. The Morgan fingerprint density at radius 1 is 1.64 bits per heavy atom. The van der Waals surface area contributed by atoms with Crippen LogP contribution in [0.5, 0.6) is 0 Å².